The van der Waals surface area contributed by atoms with Crippen LogP contribution in [0.3, 0.4) is 0 Å². The largest absolute Gasteiger partial charge is 0.489 e. The number of aliphatic carboxylic acids is 1. The molecule has 1 N–H and O–H groups in total. The topological polar surface area (TPSA) is 64.3 Å². The molecule has 3 aromatic rings. The molecule has 5 heteroatoms. The highest BCUT2D eigenvalue weighted by atomic mass is 16.5. The molecule has 0 radical (unpaired) electrons. The van der Waals surface area contributed by atoms with Crippen LogP contribution in [0.2, 0.25) is 0 Å². The number of rotatable bonds is 7. The van der Waals surface area contributed by atoms with E-state index in [1.54, 1.807) is 6.08 Å². The van der Waals surface area contributed by atoms with Crippen LogP contribution in [-0.2, 0) is 11.4 Å². The van der Waals surface area contributed by atoms with E-state index in [0.29, 0.717) is 18.2 Å². The molecule has 0 saturated heterocycles. The minimum absolute atomic E-state index is 0.451. The summed E-state index contributed by atoms with van der Waals surface area (Å²) in [7, 11) is 0. The van der Waals surface area contributed by atoms with E-state index >= 15 is 0 Å². The van der Waals surface area contributed by atoms with Gasteiger partial charge in [-0.05, 0) is 54.8 Å². The Kier molecular flexibility index (Phi) is 6.28. The predicted octanol–water partition coefficient (Wildman–Crippen LogP) is 5.60. The Morgan fingerprint density at radius 2 is 1.80 bits per heavy atom. The first-order valence-electron chi connectivity index (χ1n) is 10.5. The highest BCUT2D eigenvalue weighted by Gasteiger charge is 2.21. The van der Waals surface area contributed by atoms with E-state index in [1.165, 1.54) is 19.3 Å². The Bertz CT molecular complexity index is 1000. The molecule has 1 heterocycles. The molecule has 5 nitrogen and oxygen atoms in total. The molecular formula is C25H26N2O3. The lowest BCUT2D eigenvalue weighted by Crippen LogP contribution is -2.10. The van der Waals surface area contributed by atoms with Gasteiger partial charge in [-0.1, -0.05) is 49.6 Å². The molecule has 0 spiro atoms. The summed E-state index contributed by atoms with van der Waals surface area (Å²) in [6, 6.07) is 20.0. The summed E-state index contributed by atoms with van der Waals surface area (Å²) in [5.41, 5.74) is 3.90. The van der Waals surface area contributed by atoms with Crippen molar-refractivity contribution in [2.24, 2.45) is 0 Å². The van der Waals surface area contributed by atoms with Gasteiger partial charge >= 0.3 is 5.97 Å². The quantitative estimate of drug-likeness (QED) is 0.523. The van der Waals surface area contributed by atoms with Gasteiger partial charge in [0.25, 0.3) is 0 Å². The van der Waals surface area contributed by atoms with Crippen molar-refractivity contribution in [3.05, 3.63) is 83.7 Å². The van der Waals surface area contributed by atoms with Crippen LogP contribution >= 0.6 is 0 Å². The van der Waals surface area contributed by atoms with Gasteiger partial charge in [0.2, 0.25) is 0 Å². The van der Waals surface area contributed by atoms with E-state index in [-0.39, 0.29) is 0 Å². The van der Waals surface area contributed by atoms with Crippen LogP contribution in [0, 0.1) is 0 Å². The van der Waals surface area contributed by atoms with Gasteiger partial charge in [-0.25, -0.2) is 9.48 Å². The summed E-state index contributed by atoms with van der Waals surface area (Å²) < 4.78 is 7.85. The van der Waals surface area contributed by atoms with Crippen LogP contribution in [0.25, 0.3) is 11.8 Å². The molecule has 0 atom stereocenters. The Labute approximate surface area is 176 Å². The second kappa shape index (κ2) is 9.44. The average Bonchev–Trinajstić information content (AvgIpc) is 3.22. The maximum atomic E-state index is 10.9. The average molecular weight is 402 g/mol. The van der Waals surface area contributed by atoms with Gasteiger partial charge < -0.3 is 9.84 Å². The molecule has 2 aromatic carbocycles. The Hall–Kier alpha value is -3.34. The van der Waals surface area contributed by atoms with Gasteiger partial charge in [0.1, 0.15) is 12.4 Å². The van der Waals surface area contributed by atoms with Gasteiger partial charge in [0, 0.05) is 17.7 Å². The summed E-state index contributed by atoms with van der Waals surface area (Å²) in [6.45, 7) is 0.527. The van der Waals surface area contributed by atoms with Crippen LogP contribution in [0.15, 0.2) is 66.7 Å². The molecule has 1 aliphatic rings. The minimum atomic E-state index is -0.969. The number of carboxylic acids is 1. The second-order valence-corrected chi connectivity index (χ2v) is 7.68. The monoisotopic (exact) mass is 402 g/mol. The molecule has 30 heavy (non-hydrogen) atoms. The molecule has 154 valence electrons. The van der Waals surface area contributed by atoms with Crippen LogP contribution in [-0.4, -0.2) is 20.9 Å². The van der Waals surface area contributed by atoms with E-state index in [1.807, 2.05) is 65.3 Å². The number of aromatic nitrogens is 2. The zero-order valence-corrected chi connectivity index (χ0v) is 16.9. The normalized spacial score (nSPS) is 14.8. The van der Waals surface area contributed by atoms with Crippen molar-refractivity contribution >= 4 is 12.0 Å². The van der Waals surface area contributed by atoms with Gasteiger partial charge in [-0.15, -0.1) is 0 Å². The third-order valence-electron chi connectivity index (χ3n) is 5.51. The molecule has 1 saturated carbocycles. The summed E-state index contributed by atoms with van der Waals surface area (Å²) in [5.74, 6) is 0.288. The molecule has 0 bridgehead atoms. The van der Waals surface area contributed by atoms with Gasteiger partial charge in [-0.3, -0.25) is 0 Å². The van der Waals surface area contributed by atoms with Crippen molar-refractivity contribution in [2.75, 3.05) is 0 Å². The predicted molar refractivity (Wildman–Crippen MR) is 117 cm³/mol. The minimum Gasteiger partial charge on any atom is -0.489 e. The smallest absolute Gasteiger partial charge is 0.328 e. The molecule has 4 rings (SSSR count). The lowest BCUT2D eigenvalue weighted by Gasteiger charge is -2.22. The zero-order chi connectivity index (χ0) is 20.8. The number of ether oxygens (including phenoxy) is 1. The fourth-order valence-electron chi connectivity index (χ4n) is 3.97. The molecule has 0 amide bonds. The van der Waals surface area contributed by atoms with Crippen molar-refractivity contribution in [3.8, 4) is 11.4 Å². The first kappa shape index (κ1) is 20.0. The van der Waals surface area contributed by atoms with Gasteiger partial charge in [0.15, 0.2) is 0 Å². The van der Waals surface area contributed by atoms with Gasteiger partial charge in [-0.2, -0.15) is 5.10 Å². The van der Waals surface area contributed by atoms with Gasteiger partial charge in [0.05, 0.1) is 11.4 Å². The summed E-state index contributed by atoms with van der Waals surface area (Å²) in [6.07, 6.45) is 8.72. The van der Waals surface area contributed by atoms with Crippen molar-refractivity contribution < 1.29 is 14.6 Å². The Morgan fingerprint density at radius 3 is 2.50 bits per heavy atom. The van der Waals surface area contributed by atoms with Crippen LogP contribution in [0.4, 0.5) is 0 Å². The highest BCUT2D eigenvalue weighted by molar-refractivity contribution is 5.84. The second-order valence-electron chi connectivity index (χ2n) is 7.68. The Balaban J connectivity index is 1.56. The lowest BCUT2D eigenvalue weighted by molar-refractivity contribution is -0.131. The third kappa shape index (κ3) is 4.98. The van der Waals surface area contributed by atoms with E-state index in [2.05, 4.69) is 5.10 Å². The highest BCUT2D eigenvalue weighted by Crippen LogP contribution is 2.34. The molecule has 0 unspecified atom stereocenters. The zero-order valence-electron chi connectivity index (χ0n) is 16.9. The lowest BCUT2D eigenvalue weighted by atomic mass is 9.86. The van der Waals surface area contributed by atoms with Crippen LogP contribution < -0.4 is 4.74 Å². The number of carbonyl (C=O) groups is 1. The van der Waals surface area contributed by atoms with Crippen molar-refractivity contribution in [3.63, 3.8) is 0 Å². The maximum Gasteiger partial charge on any atom is 0.328 e. The Morgan fingerprint density at radius 1 is 1.07 bits per heavy atom. The first-order valence-corrected chi connectivity index (χ1v) is 10.5. The van der Waals surface area contributed by atoms with E-state index < -0.39 is 5.97 Å². The van der Waals surface area contributed by atoms with E-state index in [0.717, 1.165) is 41.6 Å². The van der Waals surface area contributed by atoms with Crippen molar-refractivity contribution in [2.45, 2.75) is 44.6 Å². The van der Waals surface area contributed by atoms with Crippen LogP contribution in [0.1, 0.15) is 55.0 Å². The summed E-state index contributed by atoms with van der Waals surface area (Å²) in [5, 5.41) is 13.6. The summed E-state index contributed by atoms with van der Waals surface area (Å²) >= 11 is 0. The molecular weight excluding hydrogens is 376 g/mol. The molecule has 1 aliphatic carbocycles. The number of nitrogens with zero attached hydrogens (tertiary/aromatic N) is 2. The number of hydrogen-bond donors (Lipinski definition) is 1. The van der Waals surface area contributed by atoms with E-state index in [9.17, 15) is 4.79 Å². The van der Waals surface area contributed by atoms with Crippen LogP contribution in [0.5, 0.6) is 5.75 Å². The molecule has 0 aliphatic heterocycles. The fraction of sp³-hybridized carbons (Fsp3) is 0.280. The number of hydrogen-bond acceptors (Lipinski definition) is 3. The van der Waals surface area contributed by atoms with Crippen molar-refractivity contribution in [1.29, 1.82) is 0 Å². The standard InChI is InChI=1S/C25H26N2O3/c28-25(29)16-11-21-17-24(20-9-5-2-6-10-20)27(26-21)22-12-14-23(15-13-22)30-18-19-7-3-1-4-8-19/h1,3-4,7-8,11-17,20H,2,5-6,9-10,18H2,(H,28,29). The van der Waals surface area contributed by atoms with E-state index in [4.69, 9.17) is 9.84 Å². The number of carboxylic acid groups (broad SMARTS) is 1. The molecule has 1 aromatic heterocycles. The summed E-state index contributed by atoms with van der Waals surface area (Å²) in [4.78, 5) is 10.9. The maximum absolute atomic E-state index is 10.9. The third-order valence-corrected chi connectivity index (χ3v) is 5.51. The van der Waals surface area contributed by atoms with Crippen molar-refractivity contribution in [1.82, 2.24) is 9.78 Å². The fourth-order valence-corrected chi connectivity index (χ4v) is 3.97. The number of benzene rings is 2. The SMILES string of the molecule is O=C(O)C=Cc1cc(C2CCCCC2)n(-c2ccc(OCc3ccccc3)cc2)n1. The molecule has 1 fully saturated rings. The first-order chi connectivity index (χ1) is 14.7.